The third kappa shape index (κ3) is 6.25. The van der Waals surface area contributed by atoms with Crippen molar-refractivity contribution in [2.75, 3.05) is 26.7 Å². The molecule has 0 amide bonds. The van der Waals surface area contributed by atoms with Crippen LogP contribution in [0.5, 0.6) is 0 Å². The van der Waals surface area contributed by atoms with Crippen molar-refractivity contribution in [1.29, 1.82) is 0 Å². The molecule has 1 unspecified atom stereocenters. The average Bonchev–Trinajstić information content (AvgIpc) is 2.74. The highest BCUT2D eigenvalue weighted by molar-refractivity contribution is 5.69. The molecule has 24 heavy (non-hydrogen) atoms. The normalized spacial score (nSPS) is 19.6. The highest BCUT2D eigenvalue weighted by Crippen LogP contribution is 2.18. The molecule has 1 aliphatic rings. The zero-order valence-corrected chi connectivity index (χ0v) is 15.4. The third-order valence-electron chi connectivity index (χ3n) is 4.87. The molecule has 4 heteroatoms. The van der Waals surface area contributed by atoms with Crippen LogP contribution in [0.3, 0.4) is 0 Å². The highest BCUT2D eigenvalue weighted by Gasteiger charge is 2.21. The van der Waals surface area contributed by atoms with Crippen LogP contribution in [0.25, 0.3) is 0 Å². The van der Waals surface area contributed by atoms with Crippen LogP contribution in [0.2, 0.25) is 0 Å². The topological polar surface area (TPSA) is 43.8 Å². The summed E-state index contributed by atoms with van der Waals surface area (Å²) in [6, 6.07) is 9.43. The van der Waals surface area contributed by atoms with E-state index in [0.717, 1.165) is 45.3 Å². The van der Waals surface area contributed by atoms with Crippen molar-refractivity contribution in [2.24, 2.45) is 5.92 Å². The van der Waals surface area contributed by atoms with Gasteiger partial charge in [0, 0.05) is 12.6 Å². The number of carboxylic acid groups (broad SMARTS) is 1. The number of carboxylic acids is 1. The van der Waals surface area contributed by atoms with Gasteiger partial charge in [0.15, 0.2) is 0 Å². The second-order valence-corrected chi connectivity index (χ2v) is 7.58. The molecule has 134 valence electrons. The van der Waals surface area contributed by atoms with Crippen molar-refractivity contribution in [1.82, 2.24) is 9.80 Å². The summed E-state index contributed by atoms with van der Waals surface area (Å²) in [4.78, 5) is 15.4. The van der Waals surface area contributed by atoms with E-state index in [2.05, 4.69) is 43.0 Å². The fourth-order valence-electron chi connectivity index (χ4n) is 3.59. The minimum Gasteiger partial charge on any atom is -0.480 e. The Kier molecular flexibility index (Phi) is 7.25. The van der Waals surface area contributed by atoms with Gasteiger partial charge in [-0.05, 0) is 62.9 Å². The zero-order valence-electron chi connectivity index (χ0n) is 15.4. The van der Waals surface area contributed by atoms with Gasteiger partial charge in [-0.2, -0.15) is 0 Å². The lowest BCUT2D eigenvalue weighted by Gasteiger charge is -2.25. The van der Waals surface area contributed by atoms with E-state index in [1.165, 1.54) is 11.1 Å². The van der Waals surface area contributed by atoms with E-state index in [4.69, 9.17) is 5.11 Å². The maximum atomic E-state index is 10.9. The van der Waals surface area contributed by atoms with Crippen LogP contribution >= 0.6 is 0 Å². The second-order valence-electron chi connectivity index (χ2n) is 7.58. The first-order valence-corrected chi connectivity index (χ1v) is 9.16. The van der Waals surface area contributed by atoms with Crippen molar-refractivity contribution in [2.45, 2.75) is 52.1 Å². The van der Waals surface area contributed by atoms with Crippen molar-refractivity contribution >= 4 is 5.97 Å². The molecule has 1 aromatic carbocycles. The Morgan fingerprint density at radius 3 is 2.50 bits per heavy atom. The van der Waals surface area contributed by atoms with Gasteiger partial charge in [0.1, 0.15) is 0 Å². The van der Waals surface area contributed by atoms with Gasteiger partial charge in [-0.15, -0.1) is 0 Å². The van der Waals surface area contributed by atoms with E-state index < -0.39 is 5.97 Å². The molecule has 0 spiro atoms. The first-order valence-electron chi connectivity index (χ1n) is 9.16. The quantitative estimate of drug-likeness (QED) is 0.832. The monoisotopic (exact) mass is 332 g/mol. The molecule has 0 bridgehead atoms. The van der Waals surface area contributed by atoms with Crippen LogP contribution in [0.15, 0.2) is 24.3 Å². The molecule has 0 saturated carbocycles. The summed E-state index contributed by atoms with van der Waals surface area (Å²) in [5, 5.41) is 8.96. The maximum absolute atomic E-state index is 10.9. The predicted molar refractivity (Wildman–Crippen MR) is 98.2 cm³/mol. The Morgan fingerprint density at radius 1 is 1.21 bits per heavy atom. The number of hydrogen-bond donors (Lipinski definition) is 1. The number of hydrogen-bond acceptors (Lipinski definition) is 3. The average molecular weight is 332 g/mol. The van der Waals surface area contributed by atoms with E-state index in [-0.39, 0.29) is 6.54 Å². The number of likely N-dealkylation sites (tertiary alicyclic amines) is 1. The molecule has 1 aliphatic heterocycles. The number of likely N-dealkylation sites (N-methyl/N-ethyl adjacent to an activating group) is 1. The van der Waals surface area contributed by atoms with Crippen LogP contribution in [-0.2, 0) is 17.8 Å². The van der Waals surface area contributed by atoms with E-state index in [9.17, 15) is 4.79 Å². The van der Waals surface area contributed by atoms with Gasteiger partial charge in [0.2, 0.25) is 0 Å². The summed E-state index contributed by atoms with van der Waals surface area (Å²) >= 11 is 0. The molecule has 1 aromatic rings. The van der Waals surface area contributed by atoms with Crippen molar-refractivity contribution in [3.63, 3.8) is 0 Å². The van der Waals surface area contributed by atoms with Gasteiger partial charge in [-0.25, -0.2) is 0 Å². The molecule has 1 atom stereocenters. The molecular formula is C20H32N2O2. The number of carbonyl (C=O) groups is 1. The minimum atomic E-state index is -0.736. The molecule has 1 heterocycles. The van der Waals surface area contributed by atoms with Gasteiger partial charge in [0.25, 0.3) is 0 Å². The molecule has 0 aliphatic carbocycles. The van der Waals surface area contributed by atoms with Gasteiger partial charge >= 0.3 is 5.97 Å². The van der Waals surface area contributed by atoms with Crippen LogP contribution in [-0.4, -0.2) is 53.6 Å². The van der Waals surface area contributed by atoms with Gasteiger partial charge in [-0.1, -0.05) is 38.1 Å². The minimum absolute atomic E-state index is 0.141. The molecule has 1 saturated heterocycles. The molecule has 1 fully saturated rings. The molecule has 0 radical (unpaired) electrons. The fraction of sp³-hybridized carbons (Fsp3) is 0.650. The summed E-state index contributed by atoms with van der Waals surface area (Å²) in [6.45, 7) is 7.79. The Labute approximate surface area is 146 Å². The lowest BCUT2D eigenvalue weighted by atomic mass is 10.0. The number of nitrogens with zero attached hydrogens (tertiary/aromatic N) is 2. The lowest BCUT2D eigenvalue weighted by Crippen LogP contribution is -2.36. The highest BCUT2D eigenvalue weighted by atomic mass is 16.4. The maximum Gasteiger partial charge on any atom is 0.317 e. The van der Waals surface area contributed by atoms with Crippen LogP contribution < -0.4 is 0 Å². The predicted octanol–water partition coefficient (Wildman–Crippen LogP) is 3.26. The van der Waals surface area contributed by atoms with Gasteiger partial charge in [-0.3, -0.25) is 14.6 Å². The molecule has 1 N–H and O–H groups in total. The fourth-order valence-corrected chi connectivity index (χ4v) is 3.59. The lowest BCUT2D eigenvalue weighted by molar-refractivity contribution is -0.138. The first kappa shape index (κ1) is 18.9. The summed E-state index contributed by atoms with van der Waals surface area (Å²) in [7, 11) is 1.93. The smallest absolute Gasteiger partial charge is 0.317 e. The van der Waals surface area contributed by atoms with Gasteiger partial charge < -0.3 is 5.11 Å². The van der Waals surface area contributed by atoms with Crippen molar-refractivity contribution in [3.05, 3.63) is 35.4 Å². The third-order valence-corrected chi connectivity index (χ3v) is 4.87. The van der Waals surface area contributed by atoms with E-state index in [1.807, 2.05) is 11.9 Å². The van der Waals surface area contributed by atoms with E-state index in [0.29, 0.717) is 12.0 Å². The molecule has 4 nitrogen and oxygen atoms in total. The molecular weight excluding hydrogens is 300 g/mol. The van der Waals surface area contributed by atoms with Crippen LogP contribution in [0, 0.1) is 5.92 Å². The number of benzene rings is 1. The Morgan fingerprint density at radius 2 is 1.88 bits per heavy atom. The van der Waals surface area contributed by atoms with Gasteiger partial charge in [0.05, 0.1) is 6.54 Å². The Hall–Kier alpha value is -1.39. The van der Waals surface area contributed by atoms with Crippen LogP contribution in [0.1, 0.15) is 44.2 Å². The molecule has 0 aromatic heterocycles. The first-order chi connectivity index (χ1) is 11.4. The Balaban J connectivity index is 1.84. The van der Waals surface area contributed by atoms with Crippen molar-refractivity contribution in [3.8, 4) is 0 Å². The van der Waals surface area contributed by atoms with E-state index >= 15 is 0 Å². The van der Waals surface area contributed by atoms with E-state index in [1.54, 1.807) is 0 Å². The standard InChI is InChI=1S/C20H32N2O2/c1-16(2)13-17-6-8-18(9-7-17)14-22-11-4-5-19(10-12-22)21(3)15-20(23)24/h6-9,16,19H,4-5,10-15H2,1-3H3,(H,23,24). The zero-order chi connectivity index (χ0) is 17.5. The summed E-state index contributed by atoms with van der Waals surface area (Å²) in [6.07, 6.45) is 4.42. The number of aliphatic carboxylic acids is 1. The molecule has 2 rings (SSSR count). The second kappa shape index (κ2) is 9.19. The van der Waals surface area contributed by atoms with Crippen LogP contribution in [0.4, 0.5) is 0 Å². The summed E-state index contributed by atoms with van der Waals surface area (Å²) < 4.78 is 0. The Bertz CT molecular complexity index is 513. The SMILES string of the molecule is CC(C)Cc1ccc(CN2CCCC(N(C)CC(=O)O)CC2)cc1. The summed E-state index contributed by atoms with van der Waals surface area (Å²) in [5.41, 5.74) is 2.79. The number of rotatable bonds is 7. The summed E-state index contributed by atoms with van der Waals surface area (Å²) in [5.74, 6) is -0.0405. The largest absolute Gasteiger partial charge is 0.480 e. The van der Waals surface area contributed by atoms with Crippen molar-refractivity contribution < 1.29 is 9.90 Å².